The van der Waals surface area contributed by atoms with Gasteiger partial charge in [0.1, 0.15) is 5.75 Å². The van der Waals surface area contributed by atoms with Crippen molar-refractivity contribution in [2.45, 2.75) is 39.2 Å². The van der Waals surface area contributed by atoms with E-state index < -0.39 is 0 Å². The van der Waals surface area contributed by atoms with E-state index >= 15 is 0 Å². The fourth-order valence-corrected chi connectivity index (χ4v) is 3.07. The van der Waals surface area contributed by atoms with Crippen LogP contribution in [-0.4, -0.2) is 34.6 Å². The highest BCUT2D eigenvalue weighted by molar-refractivity contribution is 5.78. The standard InChI is InChI=1S/C18H23N3O3/c1-3-23-15-10-8-13(9-11-15)17-19-16(24-20-17)12-21(2)18(22)14-6-4-5-7-14/h8-11,14H,3-7,12H2,1-2H3. The van der Waals surface area contributed by atoms with Crippen LogP contribution in [0, 0.1) is 5.92 Å². The summed E-state index contributed by atoms with van der Waals surface area (Å²) in [7, 11) is 1.79. The van der Waals surface area contributed by atoms with Crippen LogP contribution in [-0.2, 0) is 11.3 Å². The maximum Gasteiger partial charge on any atom is 0.246 e. The van der Waals surface area contributed by atoms with Gasteiger partial charge in [0.05, 0.1) is 13.2 Å². The molecule has 6 heteroatoms. The Bertz CT molecular complexity index is 675. The molecular weight excluding hydrogens is 306 g/mol. The maximum atomic E-state index is 12.3. The minimum atomic E-state index is 0.156. The molecule has 0 bridgehead atoms. The molecule has 0 unspecified atom stereocenters. The van der Waals surface area contributed by atoms with Crippen LogP contribution in [0.4, 0.5) is 0 Å². The van der Waals surface area contributed by atoms with Crippen LogP contribution in [0.1, 0.15) is 38.5 Å². The molecule has 2 aromatic rings. The third kappa shape index (κ3) is 3.75. The molecule has 128 valence electrons. The van der Waals surface area contributed by atoms with Gasteiger partial charge in [-0.3, -0.25) is 4.79 Å². The predicted molar refractivity (Wildman–Crippen MR) is 89.3 cm³/mol. The molecule has 1 heterocycles. The fourth-order valence-electron chi connectivity index (χ4n) is 3.07. The molecule has 3 rings (SSSR count). The zero-order valence-corrected chi connectivity index (χ0v) is 14.2. The summed E-state index contributed by atoms with van der Waals surface area (Å²) in [5, 5.41) is 4.01. The lowest BCUT2D eigenvalue weighted by molar-refractivity contribution is -0.134. The summed E-state index contributed by atoms with van der Waals surface area (Å²) in [4.78, 5) is 18.4. The summed E-state index contributed by atoms with van der Waals surface area (Å²) < 4.78 is 10.7. The van der Waals surface area contributed by atoms with Crippen molar-refractivity contribution < 1.29 is 14.1 Å². The molecule has 24 heavy (non-hydrogen) atoms. The zero-order valence-electron chi connectivity index (χ0n) is 14.2. The molecule has 0 N–H and O–H groups in total. The number of aromatic nitrogens is 2. The lowest BCUT2D eigenvalue weighted by Crippen LogP contribution is -2.31. The molecular formula is C18H23N3O3. The first-order chi connectivity index (χ1) is 11.7. The van der Waals surface area contributed by atoms with Gasteiger partial charge in [0, 0.05) is 18.5 Å². The lowest BCUT2D eigenvalue weighted by atomic mass is 10.1. The van der Waals surface area contributed by atoms with Crippen LogP contribution in [0.5, 0.6) is 5.75 Å². The average molecular weight is 329 g/mol. The van der Waals surface area contributed by atoms with Gasteiger partial charge < -0.3 is 14.2 Å². The molecule has 1 aromatic carbocycles. The van der Waals surface area contributed by atoms with Crippen molar-refractivity contribution in [1.29, 1.82) is 0 Å². The number of amides is 1. The van der Waals surface area contributed by atoms with E-state index in [1.807, 2.05) is 31.2 Å². The molecule has 0 aliphatic heterocycles. The van der Waals surface area contributed by atoms with Gasteiger partial charge in [0.15, 0.2) is 0 Å². The Hall–Kier alpha value is -2.37. The van der Waals surface area contributed by atoms with Crippen LogP contribution < -0.4 is 4.74 Å². The summed E-state index contributed by atoms with van der Waals surface area (Å²) in [5.41, 5.74) is 0.859. The quantitative estimate of drug-likeness (QED) is 0.813. The number of carbonyl (C=O) groups excluding carboxylic acids is 1. The summed E-state index contributed by atoms with van der Waals surface area (Å²) in [6.45, 7) is 2.93. The van der Waals surface area contributed by atoms with E-state index in [-0.39, 0.29) is 11.8 Å². The highest BCUT2D eigenvalue weighted by Gasteiger charge is 2.26. The summed E-state index contributed by atoms with van der Waals surface area (Å²) in [6, 6.07) is 7.55. The third-order valence-electron chi connectivity index (χ3n) is 4.34. The monoisotopic (exact) mass is 329 g/mol. The Morgan fingerprint density at radius 1 is 1.29 bits per heavy atom. The summed E-state index contributed by atoms with van der Waals surface area (Å²) in [6.07, 6.45) is 4.27. The lowest BCUT2D eigenvalue weighted by Gasteiger charge is -2.18. The largest absolute Gasteiger partial charge is 0.494 e. The Labute approximate surface area is 141 Å². The van der Waals surface area contributed by atoms with Gasteiger partial charge in [-0.1, -0.05) is 18.0 Å². The SMILES string of the molecule is CCOc1ccc(-c2noc(CN(C)C(=O)C3CCCC3)n2)cc1. The number of rotatable bonds is 6. The normalized spacial score (nSPS) is 14.8. The Balaban J connectivity index is 1.63. The third-order valence-corrected chi connectivity index (χ3v) is 4.34. The highest BCUT2D eigenvalue weighted by Crippen LogP contribution is 2.27. The van der Waals surface area contributed by atoms with Gasteiger partial charge in [-0.25, -0.2) is 0 Å². The second-order valence-electron chi connectivity index (χ2n) is 6.14. The molecule has 1 saturated carbocycles. The van der Waals surface area contributed by atoms with Crippen LogP contribution in [0.3, 0.4) is 0 Å². The van der Waals surface area contributed by atoms with Crippen molar-refractivity contribution in [3.05, 3.63) is 30.2 Å². The second kappa shape index (κ2) is 7.47. The zero-order chi connectivity index (χ0) is 16.9. The molecule has 1 aromatic heterocycles. The highest BCUT2D eigenvalue weighted by atomic mass is 16.5. The smallest absolute Gasteiger partial charge is 0.246 e. The summed E-state index contributed by atoms with van der Waals surface area (Å²) >= 11 is 0. The first kappa shape index (κ1) is 16.5. The number of nitrogens with zero attached hydrogens (tertiary/aromatic N) is 3. The molecule has 1 aliphatic rings. The van der Waals surface area contributed by atoms with Crippen molar-refractivity contribution in [3.63, 3.8) is 0 Å². The summed E-state index contributed by atoms with van der Waals surface area (Å²) in [5.74, 6) is 2.12. The number of ether oxygens (including phenoxy) is 1. The van der Waals surface area contributed by atoms with Crippen molar-refractivity contribution >= 4 is 5.91 Å². The minimum absolute atomic E-state index is 0.156. The first-order valence-electron chi connectivity index (χ1n) is 8.48. The minimum Gasteiger partial charge on any atom is -0.494 e. The molecule has 1 amide bonds. The Morgan fingerprint density at radius 2 is 2.00 bits per heavy atom. The second-order valence-corrected chi connectivity index (χ2v) is 6.14. The van der Waals surface area contributed by atoms with E-state index in [0.717, 1.165) is 37.0 Å². The van der Waals surface area contributed by atoms with Crippen LogP contribution in [0.25, 0.3) is 11.4 Å². The van der Waals surface area contributed by atoms with Gasteiger partial charge in [0.2, 0.25) is 17.6 Å². The van der Waals surface area contributed by atoms with Crippen molar-refractivity contribution in [3.8, 4) is 17.1 Å². The predicted octanol–water partition coefficient (Wildman–Crippen LogP) is 3.28. The van der Waals surface area contributed by atoms with Gasteiger partial charge in [0.25, 0.3) is 0 Å². The van der Waals surface area contributed by atoms with Crippen molar-refractivity contribution in [2.24, 2.45) is 5.92 Å². The number of hydrogen-bond donors (Lipinski definition) is 0. The van der Waals surface area contributed by atoms with E-state index in [0.29, 0.717) is 24.9 Å². The van der Waals surface area contributed by atoms with Crippen molar-refractivity contribution in [1.82, 2.24) is 15.0 Å². The Morgan fingerprint density at radius 3 is 2.67 bits per heavy atom. The van der Waals surface area contributed by atoms with Gasteiger partial charge in [-0.2, -0.15) is 4.98 Å². The number of benzene rings is 1. The number of carbonyl (C=O) groups is 1. The Kier molecular flexibility index (Phi) is 5.13. The van der Waals surface area contributed by atoms with Gasteiger partial charge >= 0.3 is 0 Å². The van der Waals surface area contributed by atoms with Crippen LogP contribution >= 0.6 is 0 Å². The average Bonchev–Trinajstić information content (AvgIpc) is 3.27. The van der Waals surface area contributed by atoms with Crippen LogP contribution in [0.2, 0.25) is 0 Å². The topological polar surface area (TPSA) is 68.5 Å². The van der Waals surface area contributed by atoms with E-state index in [9.17, 15) is 4.79 Å². The van der Waals surface area contributed by atoms with E-state index in [2.05, 4.69) is 10.1 Å². The molecule has 1 aliphatic carbocycles. The van der Waals surface area contributed by atoms with Crippen molar-refractivity contribution in [2.75, 3.05) is 13.7 Å². The molecule has 6 nitrogen and oxygen atoms in total. The molecule has 1 fully saturated rings. The molecule has 0 atom stereocenters. The van der Waals surface area contributed by atoms with Crippen LogP contribution in [0.15, 0.2) is 28.8 Å². The molecule has 0 saturated heterocycles. The van der Waals surface area contributed by atoms with E-state index in [1.54, 1.807) is 11.9 Å². The molecule has 0 spiro atoms. The van der Waals surface area contributed by atoms with E-state index in [1.165, 1.54) is 0 Å². The first-order valence-corrected chi connectivity index (χ1v) is 8.48. The molecule has 0 radical (unpaired) electrons. The number of hydrogen-bond acceptors (Lipinski definition) is 5. The van der Waals surface area contributed by atoms with Gasteiger partial charge in [-0.15, -0.1) is 0 Å². The maximum absolute atomic E-state index is 12.3. The van der Waals surface area contributed by atoms with E-state index in [4.69, 9.17) is 9.26 Å². The van der Waals surface area contributed by atoms with Gasteiger partial charge in [-0.05, 0) is 44.0 Å². The fraction of sp³-hybridized carbons (Fsp3) is 0.500.